The van der Waals surface area contributed by atoms with E-state index < -0.39 is 5.92 Å². The van der Waals surface area contributed by atoms with Gasteiger partial charge in [0.2, 0.25) is 5.91 Å². The van der Waals surface area contributed by atoms with Crippen LogP contribution in [0.3, 0.4) is 0 Å². The van der Waals surface area contributed by atoms with E-state index in [1.165, 1.54) is 5.56 Å². The van der Waals surface area contributed by atoms with Crippen molar-refractivity contribution in [1.82, 2.24) is 20.6 Å². The molecular formula is C19H21N5O2. The molecule has 1 unspecified atom stereocenters. The van der Waals surface area contributed by atoms with Gasteiger partial charge in [0, 0.05) is 0 Å². The van der Waals surface area contributed by atoms with Crippen molar-refractivity contribution in [3.63, 3.8) is 0 Å². The minimum atomic E-state index is -0.564. The largest absolute Gasteiger partial charge is 0.492 e. The van der Waals surface area contributed by atoms with Gasteiger partial charge in [-0.1, -0.05) is 47.2 Å². The van der Waals surface area contributed by atoms with Gasteiger partial charge in [0.05, 0.1) is 12.3 Å². The summed E-state index contributed by atoms with van der Waals surface area (Å²) in [4.78, 5) is 13.0. The predicted molar refractivity (Wildman–Crippen MR) is 98.0 cm³/mol. The van der Waals surface area contributed by atoms with Crippen molar-refractivity contribution in [2.45, 2.75) is 26.2 Å². The molecule has 0 spiro atoms. The lowest BCUT2D eigenvalue weighted by Crippen LogP contribution is -2.24. The molecule has 0 aliphatic heterocycles. The number of tetrazole rings is 1. The molecular weight excluding hydrogens is 330 g/mol. The highest BCUT2D eigenvalue weighted by atomic mass is 16.5. The fraction of sp³-hybridized carbons (Fsp3) is 0.263. The molecule has 1 heterocycles. The Morgan fingerprint density at radius 1 is 1.19 bits per heavy atom. The Morgan fingerprint density at radius 3 is 2.65 bits per heavy atom. The summed E-state index contributed by atoms with van der Waals surface area (Å²) in [6, 6.07) is 15.4. The predicted octanol–water partition coefficient (Wildman–Crippen LogP) is 2.87. The fourth-order valence-corrected chi connectivity index (χ4v) is 2.65. The number of anilines is 1. The second kappa shape index (κ2) is 8.24. The van der Waals surface area contributed by atoms with Crippen LogP contribution in [0.15, 0.2) is 48.5 Å². The van der Waals surface area contributed by atoms with E-state index in [0.29, 0.717) is 30.3 Å². The summed E-state index contributed by atoms with van der Waals surface area (Å²) in [5.74, 6) is 0.216. The highest BCUT2D eigenvalue weighted by molar-refractivity contribution is 5.96. The average molecular weight is 351 g/mol. The van der Waals surface area contributed by atoms with Crippen molar-refractivity contribution in [1.29, 1.82) is 0 Å². The molecule has 2 aromatic carbocycles. The van der Waals surface area contributed by atoms with E-state index in [4.69, 9.17) is 4.74 Å². The summed E-state index contributed by atoms with van der Waals surface area (Å²) in [6.45, 7) is 4.44. The Labute approximate surface area is 151 Å². The Morgan fingerprint density at radius 2 is 1.96 bits per heavy atom. The molecule has 0 saturated heterocycles. The highest BCUT2D eigenvalue weighted by Gasteiger charge is 2.26. The second-order valence-corrected chi connectivity index (χ2v) is 5.93. The summed E-state index contributed by atoms with van der Waals surface area (Å²) >= 11 is 0. The number of benzene rings is 2. The van der Waals surface area contributed by atoms with Gasteiger partial charge in [-0.05, 0) is 38.0 Å². The summed E-state index contributed by atoms with van der Waals surface area (Å²) in [5, 5.41) is 17.0. The molecule has 134 valence electrons. The maximum Gasteiger partial charge on any atom is 0.235 e. The molecule has 1 amide bonds. The number of para-hydroxylation sites is 2. The molecule has 0 fully saturated rings. The van der Waals surface area contributed by atoms with E-state index in [1.54, 1.807) is 0 Å². The Balaban J connectivity index is 1.83. The van der Waals surface area contributed by atoms with Crippen LogP contribution in [0.4, 0.5) is 5.69 Å². The minimum absolute atomic E-state index is 0.209. The SMILES string of the molecule is CCOc1ccccc1NC(=O)C(Cc1ccc(C)cc1)c1nn[nH]n1. The molecule has 1 atom stereocenters. The first kappa shape index (κ1) is 17.6. The zero-order valence-corrected chi connectivity index (χ0v) is 14.8. The monoisotopic (exact) mass is 351 g/mol. The lowest BCUT2D eigenvalue weighted by molar-refractivity contribution is -0.117. The molecule has 3 aromatic rings. The molecule has 0 aliphatic carbocycles. The standard InChI is InChI=1S/C19H21N5O2/c1-3-26-17-7-5-4-6-16(17)20-19(25)15(18-21-23-24-22-18)12-14-10-8-13(2)9-11-14/h4-11,15H,3,12H2,1-2H3,(H,20,25)(H,21,22,23,24). The van der Waals surface area contributed by atoms with Crippen LogP contribution in [-0.4, -0.2) is 33.1 Å². The number of hydrogen-bond acceptors (Lipinski definition) is 5. The van der Waals surface area contributed by atoms with Gasteiger partial charge >= 0.3 is 0 Å². The molecule has 0 aliphatic rings. The number of aryl methyl sites for hydroxylation is 1. The molecule has 2 N–H and O–H groups in total. The number of hydrogen-bond donors (Lipinski definition) is 2. The van der Waals surface area contributed by atoms with Crippen LogP contribution in [0.2, 0.25) is 0 Å². The van der Waals surface area contributed by atoms with E-state index >= 15 is 0 Å². The minimum Gasteiger partial charge on any atom is -0.492 e. The van der Waals surface area contributed by atoms with E-state index in [1.807, 2.05) is 62.4 Å². The number of ether oxygens (including phenoxy) is 1. The van der Waals surface area contributed by atoms with Gasteiger partial charge in [0.15, 0.2) is 5.82 Å². The van der Waals surface area contributed by atoms with Crippen molar-refractivity contribution in [2.75, 3.05) is 11.9 Å². The van der Waals surface area contributed by atoms with Gasteiger partial charge in [-0.15, -0.1) is 10.2 Å². The van der Waals surface area contributed by atoms with Crippen LogP contribution in [-0.2, 0) is 11.2 Å². The number of carbonyl (C=O) groups excluding carboxylic acids is 1. The number of nitrogens with one attached hydrogen (secondary N) is 2. The van der Waals surface area contributed by atoms with Crippen molar-refractivity contribution in [2.24, 2.45) is 0 Å². The molecule has 0 radical (unpaired) electrons. The molecule has 0 saturated carbocycles. The summed E-state index contributed by atoms with van der Waals surface area (Å²) in [7, 11) is 0. The lowest BCUT2D eigenvalue weighted by Gasteiger charge is -2.16. The van der Waals surface area contributed by atoms with Gasteiger partial charge in [-0.3, -0.25) is 4.79 Å². The van der Waals surface area contributed by atoms with E-state index in [2.05, 4.69) is 25.9 Å². The van der Waals surface area contributed by atoms with Gasteiger partial charge < -0.3 is 10.1 Å². The van der Waals surface area contributed by atoms with Crippen LogP contribution < -0.4 is 10.1 Å². The third-order valence-corrected chi connectivity index (χ3v) is 4.00. The number of amides is 1. The first-order valence-electron chi connectivity index (χ1n) is 8.49. The molecule has 3 rings (SSSR count). The number of nitrogens with zero attached hydrogens (tertiary/aromatic N) is 3. The zero-order chi connectivity index (χ0) is 18.4. The van der Waals surface area contributed by atoms with Crippen LogP contribution >= 0.6 is 0 Å². The van der Waals surface area contributed by atoms with E-state index in [-0.39, 0.29) is 5.91 Å². The average Bonchev–Trinajstić information content (AvgIpc) is 3.17. The van der Waals surface area contributed by atoms with Crippen LogP contribution in [0.1, 0.15) is 29.8 Å². The third kappa shape index (κ3) is 4.24. The van der Waals surface area contributed by atoms with Crippen LogP contribution in [0.25, 0.3) is 0 Å². The maximum absolute atomic E-state index is 13.0. The summed E-state index contributed by atoms with van der Waals surface area (Å²) < 4.78 is 5.58. The molecule has 26 heavy (non-hydrogen) atoms. The number of H-pyrrole nitrogens is 1. The normalized spacial score (nSPS) is 11.8. The fourth-order valence-electron chi connectivity index (χ4n) is 2.65. The summed E-state index contributed by atoms with van der Waals surface area (Å²) in [5.41, 5.74) is 2.82. The lowest BCUT2D eigenvalue weighted by atomic mass is 9.97. The van der Waals surface area contributed by atoms with Crippen molar-refractivity contribution >= 4 is 11.6 Å². The van der Waals surface area contributed by atoms with E-state index in [9.17, 15) is 4.79 Å². The quantitative estimate of drug-likeness (QED) is 0.683. The number of aromatic nitrogens is 4. The van der Waals surface area contributed by atoms with Gasteiger partial charge in [-0.25, -0.2) is 0 Å². The van der Waals surface area contributed by atoms with E-state index in [0.717, 1.165) is 5.56 Å². The van der Waals surface area contributed by atoms with Crippen LogP contribution in [0.5, 0.6) is 5.75 Å². The second-order valence-electron chi connectivity index (χ2n) is 5.93. The van der Waals surface area contributed by atoms with Gasteiger partial charge in [0.25, 0.3) is 0 Å². The number of aromatic amines is 1. The first-order valence-corrected chi connectivity index (χ1v) is 8.49. The Hall–Kier alpha value is -3.22. The van der Waals surface area contributed by atoms with Gasteiger partial charge in [0.1, 0.15) is 11.7 Å². The molecule has 1 aromatic heterocycles. The molecule has 7 heteroatoms. The maximum atomic E-state index is 13.0. The molecule has 7 nitrogen and oxygen atoms in total. The Kier molecular flexibility index (Phi) is 5.58. The highest BCUT2D eigenvalue weighted by Crippen LogP contribution is 2.26. The topological polar surface area (TPSA) is 92.8 Å². The summed E-state index contributed by atoms with van der Waals surface area (Å²) in [6.07, 6.45) is 0.475. The number of carbonyl (C=O) groups is 1. The Bertz CT molecular complexity index is 847. The number of rotatable bonds is 7. The van der Waals surface area contributed by atoms with Crippen molar-refractivity contribution in [3.05, 3.63) is 65.5 Å². The van der Waals surface area contributed by atoms with Crippen molar-refractivity contribution in [3.8, 4) is 5.75 Å². The zero-order valence-electron chi connectivity index (χ0n) is 14.8. The smallest absolute Gasteiger partial charge is 0.235 e. The van der Waals surface area contributed by atoms with Crippen LogP contribution in [0, 0.1) is 6.92 Å². The van der Waals surface area contributed by atoms with Gasteiger partial charge in [-0.2, -0.15) is 5.21 Å². The van der Waals surface area contributed by atoms with Crippen molar-refractivity contribution < 1.29 is 9.53 Å². The first-order chi connectivity index (χ1) is 12.7. The molecule has 0 bridgehead atoms. The third-order valence-electron chi connectivity index (χ3n) is 4.00.